The molecule has 3 aromatic carbocycles. The molecule has 0 spiro atoms. The van der Waals surface area contributed by atoms with Gasteiger partial charge in [-0.25, -0.2) is 4.39 Å². The van der Waals surface area contributed by atoms with Crippen molar-refractivity contribution >= 4 is 35.0 Å². The normalized spacial score (nSPS) is 15.0. The number of para-hydroxylation sites is 2. The van der Waals surface area contributed by atoms with Crippen molar-refractivity contribution in [2.75, 3.05) is 16.4 Å². The number of nitrogens with zero attached hydrogens (tertiary/aromatic N) is 1. The van der Waals surface area contributed by atoms with Gasteiger partial charge in [-0.05, 0) is 43.7 Å². The molecule has 1 atom stereocenters. The number of thioether (sulfide) groups is 1. The van der Waals surface area contributed by atoms with Crippen molar-refractivity contribution in [1.29, 1.82) is 5.26 Å². The van der Waals surface area contributed by atoms with Gasteiger partial charge in [0.2, 0.25) is 5.91 Å². The predicted octanol–water partition coefficient (Wildman–Crippen LogP) is 5.84. The third kappa shape index (κ3) is 5.90. The highest BCUT2D eigenvalue weighted by Crippen LogP contribution is 2.41. The summed E-state index contributed by atoms with van der Waals surface area (Å²) in [6.45, 7) is 3.60. The Morgan fingerprint density at radius 1 is 0.973 bits per heavy atom. The molecule has 0 bridgehead atoms. The van der Waals surface area contributed by atoms with Crippen LogP contribution in [0.1, 0.15) is 24.0 Å². The molecule has 3 aromatic rings. The van der Waals surface area contributed by atoms with Crippen molar-refractivity contribution < 1.29 is 14.0 Å². The van der Waals surface area contributed by atoms with Gasteiger partial charge in [-0.1, -0.05) is 66.4 Å². The second-order valence-corrected chi connectivity index (χ2v) is 9.43. The molecule has 0 radical (unpaired) electrons. The number of aryl methyl sites for hydroxylation is 1. The fourth-order valence-corrected chi connectivity index (χ4v) is 5.00. The van der Waals surface area contributed by atoms with Gasteiger partial charge in [0, 0.05) is 28.2 Å². The second kappa shape index (κ2) is 11.6. The van der Waals surface area contributed by atoms with E-state index >= 15 is 4.39 Å². The molecule has 37 heavy (non-hydrogen) atoms. The highest BCUT2D eigenvalue weighted by atomic mass is 32.2. The molecular formula is C29H25FN4O2S. The van der Waals surface area contributed by atoms with Gasteiger partial charge in [0.25, 0.3) is 5.91 Å². The molecule has 2 amide bonds. The lowest BCUT2D eigenvalue weighted by molar-refractivity contribution is -0.114. The first-order chi connectivity index (χ1) is 17.9. The van der Waals surface area contributed by atoms with Crippen LogP contribution in [-0.4, -0.2) is 17.6 Å². The molecule has 8 heteroatoms. The average molecular weight is 513 g/mol. The maximum absolute atomic E-state index is 15.0. The van der Waals surface area contributed by atoms with Gasteiger partial charge in [-0.15, -0.1) is 0 Å². The summed E-state index contributed by atoms with van der Waals surface area (Å²) in [7, 11) is 0. The summed E-state index contributed by atoms with van der Waals surface area (Å²) in [5.41, 5.74) is 3.31. The third-order valence-electron chi connectivity index (χ3n) is 5.91. The summed E-state index contributed by atoms with van der Waals surface area (Å²) < 4.78 is 15.0. The highest BCUT2D eigenvalue weighted by Gasteiger charge is 2.36. The molecule has 0 fully saturated rings. The van der Waals surface area contributed by atoms with Crippen LogP contribution in [0.15, 0.2) is 101 Å². The average Bonchev–Trinajstić information content (AvgIpc) is 2.89. The summed E-state index contributed by atoms with van der Waals surface area (Å²) in [5, 5.41) is 19.4. The number of carbonyl (C=O) groups is 2. The maximum Gasteiger partial charge on any atom is 0.254 e. The van der Waals surface area contributed by atoms with E-state index in [0.29, 0.717) is 22.1 Å². The van der Waals surface area contributed by atoms with Crippen molar-refractivity contribution in [3.8, 4) is 6.07 Å². The fraction of sp³-hybridized carbons (Fsp3) is 0.138. The Kier molecular flexibility index (Phi) is 8.06. The summed E-state index contributed by atoms with van der Waals surface area (Å²) in [4.78, 5) is 26.1. The number of rotatable bonds is 7. The van der Waals surface area contributed by atoms with Gasteiger partial charge < -0.3 is 16.0 Å². The van der Waals surface area contributed by atoms with Crippen molar-refractivity contribution in [2.24, 2.45) is 0 Å². The number of nitriles is 1. The molecular weight excluding hydrogens is 487 g/mol. The van der Waals surface area contributed by atoms with Gasteiger partial charge in [0.05, 0.1) is 28.3 Å². The topological polar surface area (TPSA) is 94.0 Å². The Bertz CT molecular complexity index is 1440. The first-order valence-corrected chi connectivity index (χ1v) is 12.6. The number of amides is 2. The number of allylic oxidation sites excluding steroid dienone is 2. The van der Waals surface area contributed by atoms with Crippen LogP contribution < -0.4 is 16.0 Å². The Labute approximate surface area is 219 Å². The molecule has 3 N–H and O–H groups in total. The van der Waals surface area contributed by atoms with Crippen LogP contribution >= 0.6 is 11.8 Å². The Balaban J connectivity index is 1.65. The molecule has 0 saturated heterocycles. The van der Waals surface area contributed by atoms with Crippen LogP contribution in [0.5, 0.6) is 0 Å². The molecule has 4 rings (SSSR count). The van der Waals surface area contributed by atoms with Crippen LogP contribution in [0.3, 0.4) is 0 Å². The SMILES string of the molecule is CC1=C(C(=O)Nc2ccccc2)C(c2ccccc2F)C(C#N)=C(SCC(=O)Nc2ccccc2C)N1. The minimum Gasteiger partial charge on any atom is -0.353 e. The molecule has 0 aliphatic carbocycles. The molecule has 6 nitrogen and oxygen atoms in total. The summed E-state index contributed by atoms with van der Waals surface area (Å²) in [6, 6.07) is 24.6. The fourth-order valence-electron chi connectivity index (χ4n) is 4.10. The monoisotopic (exact) mass is 512 g/mol. The summed E-state index contributed by atoms with van der Waals surface area (Å²) in [5.74, 6) is -2.15. The van der Waals surface area contributed by atoms with E-state index in [4.69, 9.17) is 0 Å². The van der Waals surface area contributed by atoms with Crippen LogP contribution in [0.25, 0.3) is 0 Å². The van der Waals surface area contributed by atoms with Crippen molar-refractivity contribution in [3.05, 3.63) is 118 Å². The van der Waals surface area contributed by atoms with E-state index in [1.165, 1.54) is 6.07 Å². The molecule has 1 unspecified atom stereocenters. The lowest BCUT2D eigenvalue weighted by Gasteiger charge is -2.30. The van der Waals surface area contributed by atoms with Crippen molar-refractivity contribution in [3.63, 3.8) is 0 Å². The van der Waals surface area contributed by atoms with Crippen molar-refractivity contribution in [1.82, 2.24) is 5.32 Å². The van der Waals surface area contributed by atoms with Gasteiger partial charge in [0.15, 0.2) is 0 Å². The summed E-state index contributed by atoms with van der Waals surface area (Å²) >= 11 is 1.13. The van der Waals surface area contributed by atoms with Gasteiger partial charge >= 0.3 is 0 Å². The van der Waals surface area contributed by atoms with Crippen LogP contribution in [0.2, 0.25) is 0 Å². The Hall–Kier alpha value is -4.35. The van der Waals surface area contributed by atoms with E-state index < -0.39 is 17.6 Å². The minimum absolute atomic E-state index is 0.0185. The number of dihydropyridines is 1. The van der Waals surface area contributed by atoms with Crippen molar-refractivity contribution in [2.45, 2.75) is 19.8 Å². The second-order valence-electron chi connectivity index (χ2n) is 8.44. The minimum atomic E-state index is -0.946. The molecule has 186 valence electrons. The zero-order valence-corrected chi connectivity index (χ0v) is 21.2. The Morgan fingerprint density at radius 2 is 1.65 bits per heavy atom. The van der Waals surface area contributed by atoms with Crippen LogP contribution in [-0.2, 0) is 9.59 Å². The molecule has 0 saturated carbocycles. The smallest absolute Gasteiger partial charge is 0.254 e. The first-order valence-electron chi connectivity index (χ1n) is 11.6. The lowest BCUT2D eigenvalue weighted by atomic mass is 9.82. The quantitative estimate of drug-likeness (QED) is 0.370. The number of hydrogen-bond acceptors (Lipinski definition) is 5. The van der Waals surface area contributed by atoms with Crippen LogP contribution in [0.4, 0.5) is 15.8 Å². The third-order valence-corrected chi connectivity index (χ3v) is 6.92. The summed E-state index contributed by atoms with van der Waals surface area (Å²) in [6.07, 6.45) is 0. The highest BCUT2D eigenvalue weighted by molar-refractivity contribution is 8.03. The number of nitrogens with one attached hydrogen (secondary N) is 3. The van der Waals surface area contributed by atoms with E-state index in [2.05, 4.69) is 22.0 Å². The maximum atomic E-state index is 15.0. The number of hydrogen-bond donors (Lipinski definition) is 3. The van der Waals surface area contributed by atoms with E-state index in [1.54, 1.807) is 49.4 Å². The number of halogens is 1. The molecule has 1 heterocycles. The molecule has 1 aliphatic heterocycles. The van der Waals surface area contributed by atoms with Crippen LogP contribution in [0, 0.1) is 24.1 Å². The molecule has 1 aliphatic rings. The van der Waals surface area contributed by atoms with E-state index in [-0.39, 0.29) is 28.4 Å². The Morgan fingerprint density at radius 3 is 2.35 bits per heavy atom. The van der Waals surface area contributed by atoms with E-state index in [1.807, 2.05) is 37.3 Å². The van der Waals surface area contributed by atoms with Gasteiger partial charge in [-0.3, -0.25) is 9.59 Å². The standard InChI is InChI=1S/C29H25FN4O2S/c1-18-10-6-9-15-24(18)34-25(35)17-37-29-22(16-31)27(21-13-7-8-14-23(21)30)26(19(2)32-29)28(36)33-20-11-4-3-5-12-20/h3-15,27,32H,17H2,1-2H3,(H,33,36)(H,34,35). The first kappa shape index (κ1) is 25.7. The van der Waals surface area contributed by atoms with Gasteiger partial charge in [-0.2, -0.15) is 5.26 Å². The number of anilines is 2. The largest absolute Gasteiger partial charge is 0.353 e. The van der Waals surface area contributed by atoms with E-state index in [0.717, 1.165) is 17.3 Å². The lowest BCUT2D eigenvalue weighted by Crippen LogP contribution is -2.31. The van der Waals surface area contributed by atoms with E-state index in [9.17, 15) is 14.9 Å². The molecule has 0 aromatic heterocycles. The van der Waals surface area contributed by atoms with Gasteiger partial charge in [0.1, 0.15) is 5.82 Å². The predicted molar refractivity (Wildman–Crippen MR) is 145 cm³/mol. The zero-order valence-electron chi connectivity index (χ0n) is 20.3. The zero-order chi connectivity index (χ0) is 26.4. The number of carbonyl (C=O) groups excluding carboxylic acids is 2. The number of benzene rings is 3.